The van der Waals surface area contributed by atoms with E-state index < -0.39 is 11.5 Å². The van der Waals surface area contributed by atoms with E-state index in [4.69, 9.17) is 0 Å². The number of carbonyl (C=O) groups is 1. The Kier molecular flexibility index (Phi) is 5.27. The molecular formula is C21H19FN2O2. The maximum atomic E-state index is 13.8. The summed E-state index contributed by atoms with van der Waals surface area (Å²) in [5, 5.41) is 2.73. The van der Waals surface area contributed by atoms with Crippen molar-refractivity contribution in [2.75, 3.05) is 5.32 Å². The Labute approximate surface area is 150 Å². The van der Waals surface area contributed by atoms with Crippen molar-refractivity contribution >= 4 is 11.6 Å². The van der Waals surface area contributed by atoms with Gasteiger partial charge in [0, 0.05) is 17.4 Å². The van der Waals surface area contributed by atoms with Crippen LogP contribution in [0.4, 0.5) is 10.1 Å². The molecule has 0 unspecified atom stereocenters. The summed E-state index contributed by atoms with van der Waals surface area (Å²) < 4.78 is 15.1. The normalized spacial score (nSPS) is 10.5. The first-order valence-electron chi connectivity index (χ1n) is 8.41. The fourth-order valence-electron chi connectivity index (χ4n) is 2.67. The molecule has 26 heavy (non-hydrogen) atoms. The van der Waals surface area contributed by atoms with E-state index in [-0.39, 0.29) is 17.9 Å². The largest absolute Gasteiger partial charge is 0.322 e. The minimum absolute atomic E-state index is 0.0170. The molecule has 0 aliphatic carbocycles. The number of aryl methyl sites for hydroxylation is 1. The average molecular weight is 350 g/mol. The number of hydrogen-bond acceptors (Lipinski definition) is 2. The van der Waals surface area contributed by atoms with Crippen LogP contribution in [0.1, 0.15) is 28.4 Å². The lowest BCUT2D eigenvalue weighted by Crippen LogP contribution is -2.29. The Bertz CT molecular complexity index is 978. The molecule has 2 aromatic carbocycles. The van der Waals surface area contributed by atoms with Crippen LogP contribution in [0.25, 0.3) is 0 Å². The number of pyridine rings is 1. The van der Waals surface area contributed by atoms with Gasteiger partial charge in [0.15, 0.2) is 0 Å². The van der Waals surface area contributed by atoms with Crippen molar-refractivity contribution < 1.29 is 9.18 Å². The lowest BCUT2D eigenvalue weighted by Gasteiger charge is -2.10. The third kappa shape index (κ3) is 3.88. The van der Waals surface area contributed by atoms with Gasteiger partial charge < -0.3 is 9.88 Å². The van der Waals surface area contributed by atoms with Gasteiger partial charge in [0.2, 0.25) is 0 Å². The Balaban J connectivity index is 1.83. The quantitative estimate of drug-likeness (QED) is 0.760. The fraction of sp³-hybridized carbons (Fsp3) is 0.143. The molecule has 3 aromatic rings. The van der Waals surface area contributed by atoms with Crippen LogP contribution in [-0.2, 0) is 13.0 Å². The number of rotatable bonds is 5. The molecule has 0 saturated carbocycles. The number of anilines is 1. The fourth-order valence-corrected chi connectivity index (χ4v) is 2.67. The number of benzene rings is 2. The summed E-state index contributed by atoms with van der Waals surface area (Å²) in [5.74, 6) is -0.868. The maximum absolute atomic E-state index is 13.8. The van der Waals surface area contributed by atoms with Gasteiger partial charge in [-0.3, -0.25) is 9.59 Å². The van der Waals surface area contributed by atoms with Gasteiger partial charge in [-0.2, -0.15) is 0 Å². The van der Waals surface area contributed by atoms with Crippen LogP contribution in [-0.4, -0.2) is 10.5 Å². The van der Waals surface area contributed by atoms with Crippen molar-refractivity contribution in [2.24, 2.45) is 0 Å². The number of nitrogens with one attached hydrogen (secondary N) is 1. The highest BCUT2D eigenvalue weighted by Crippen LogP contribution is 2.11. The van der Waals surface area contributed by atoms with Crippen LogP contribution < -0.4 is 10.9 Å². The molecule has 5 heteroatoms. The SMILES string of the molecule is CCc1ccc(NC(=O)c2cccn(Cc3ccccc3F)c2=O)cc1. The molecule has 1 N–H and O–H groups in total. The summed E-state index contributed by atoms with van der Waals surface area (Å²) in [6, 6.07) is 16.8. The topological polar surface area (TPSA) is 51.1 Å². The number of nitrogens with zero attached hydrogens (tertiary/aromatic N) is 1. The Morgan fingerprint density at radius 2 is 1.77 bits per heavy atom. The summed E-state index contributed by atoms with van der Waals surface area (Å²) in [6.07, 6.45) is 2.45. The zero-order valence-electron chi connectivity index (χ0n) is 14.4. The van der Waals surface area contributed by atoms with Gasteiger partial charge in [0.05, 0.1) is 6.54 Å². The van der Waals surface area contributed by atoms with Gasteiger partial charge in [0.25, 0.3) is 11.5 Å². The van der Waals surface area contributed by atoms with Crippen LogP contribution >= 0.6 is 0 Å². The van der Waals surface area contributed by atoms with Crippen molar-refractivity contribution in [1.82, 2.24) is 4.57 Å². The molecule has 0 saturated heterocycles. The van der Waals surface area contributed by atoms with Crippen molar-refractivity contribution in [1.29, 1.82) is 0 Å². The van der Waals surface area contributed by atoms with E-state index in [0.29, 0.717) is 11.3 Å². The molecule has 1 amide bonds. The minimum atomic E-state index is -0.484. The number of aromatic nitrogens is 1. The molecule has 1 aromatic heterocycles. The summed E-state index contributed by atoms with van der Waals surface area (Å²) in [5.41, 5.74) is 1.73. The van der Waals surface area contributed by atoms with E-state index in [2.05, 4.69) is 12.2 Å². The third-order valence-electron chi connectivity index (χ3n) is 4.18. The van der Waals surface area contributed by atoms with Gasteiger partial charge in [-0.15, -0.1) is 0 Å². The predicted octanol–water partition coefficient (Wildman–Crippen LogP) is 3.85. The maximum Gasteiger partial charge on any atom is 0.263 e. The van der Waals surface area contributed by atoms with Gasteiger partial charge in [-0.1, -0.05) is 37.3 Å². The van der Waals surface area contributed by atoms with Gasteiger partial charge >= 0.3 is 0 Å². The van der Waals surface area contributed by atoms with E-state index in [1.807, 2.05) is 12.1 Å². The first kappa shape index (κ1) is 17.6. The molecule has 0 atom stereocenters. The predicted molar refractivity (Wildman–Crippen MR) is 100.0 cm³/mol. The van der Waals surface area contributed by atoms with Crippen LogP contribution in [0.15, 0.2) is 71.7 Å². The van der Waals surface area contributed by atoms with Crippen molar-refractivity contribution in [2.45, 2.75) is 19.9 Å². The number of hydrogen-bond donors (Lipinski definition) is 1. The van der Waals surface area contributed by atoms with E-state index in [9.17, 15) is 14.0 Å². The summed E-state index contributed by atoms with van der Waals surface area (Å²) >= 11 is 0. The van der Waals surface area contributed by atoms with Gasteiger partial charge in [-0.05, 0) is 42.3 Å². The second kappa shape index (κ2) is 7.78. The highest BCUT2D eigenvalue weighted by atomic mass is 19.1. The summed E-state index contributed by atoms with van der Waals surface area (Å²) in [4.78, 5) is 25.1. The standard InChI is InChI=1S/C21H19FN2O2/c1-2-15-9-11-17(12-10-15)23-20(25)18-7-5-13-24(21(18)26)14-16-6-3-4-8-19(16)22/h3-13H,2,14H2,1H3,(H,23,25). The molecule has 0 fully saturated rings. The van der Waals surface area contributed by atoms with Crippen molar-refractivity contribution in [3.05, 3.63) is 99.7 Å². The zero-order chi connectivity index (χ0) is 18.5. The minimum Gasteiger partial charge on any atom is -0.322 e. The van der Waals surface area contributed by atoms with Gasteiger partial charge in [0.1, 0.15) is 11.4 Å². The number of amides is 1. The summed E-state index contributed by atoms with van der Waals surface area (Å²) in [6.45, 7) is 2.12. The molecule has 3 rings (SSSR count). The molecule has 0 spiro atoms. The second-order valence-electron chi connectivity index (χ2n) is 5.95. The third-order valence-corrected chi connectivity index (χ3v) is 4.18. The van der Waals surface area contributed by atoms with E-state index in [0.717, 1.165) is 12.0 Å². The molecular weight excluding hydrogens is 331 g/mol. The van der Waals surface area contributed by atoms with E-state index in [1.54, 1.807) is 42.6 Å². The lowest BCUT2D eigenvalue weighted by atomic mass is 10.1. The molecule has 4 nitrogen and oxygen atoms in total. The number of halogens is 1. The Morgan fingerprint density at radius 1 is 1.04 bits per heavy atom. The van der Waals surface area contributed by atoms with E-state index >= 15 is 0 Å². The second-order valence-corrected chi connectivity index (χ2v) is 5.95. The Hall–Kier alpha value is -3.21. The van der Waals surface area contributed by atoms with Gasteiger partial charge in [-0.25, -0.2) is 4.39 Å². The average Bonchev–Trinajstić information content (AvgIpc) is 2.65. The highest BCUT2D eigenvalue weighted by molar-refractivity contribution is 6.03. The zero-order valence-corrected chi connectivity index (χ0v) is 14.4. The van der Waals surface area contributed by atoms with Crippen molar-refractivity contribution in [3.63, 3.8) is 0 Å². The number of carbonyl (C=O) groups excluding carboxylic acids is 1. The molecule has 0 bridgehead atoms. The molecule has 132 valence electrons. The molecule has 0 aliphatic heterocycles. The van der Waals surface area contributed by atoms with Crippen LogP contribution in [0.3, 0.4) is 0 Å². The smallest absolute Gasteiger partial charge is 0.263 e. The molecule has 0 radical (unpaired) electrons. The monoisotopic (exact) mass is 350 g/mol. The van der Waals surface area contributed by atoms with Crippen LogP contribution in [0, 0.1) is 5.82 Å². The highest BCUT2D eigenvalue weighted by Gasteiger charge is 2.13. The summed E-state index contributed by atoms with van der Waals surface area (Å²) in [7, 11) is 0. The first-order valence-corrected chi connectivity index (χ1v) is 8.41. The van der Waals surface area contributed by atoms with Crippen LogP contribution in [0.5, 0.6) is 0 Å². The first-order chi connectivity index (χ1) is 12.6. The molecule has 0 aliphatic rings. The molecule has 1 heterocycles. The van der Waals surface area contributed by atoms with Crippen molar-refractivity contribution in [3.8, 4) is 0 Å². The van der Waals surface area contributed by atoms with Crippen LogP contribution in [0.2, 0.25) is 0 Å². The lowest BCUT2D eigenvalue weighted by molar-refractivity contribution is 0.102. The van der Waals surface area contributed by atoms with E-state index in [1.165, 1.54) is 16.7 Å². The Morgan fingerprint density at radius 3 is 2.46 bits per heavy atom.